The summed E-state index contributed by atoms with van der Waals surface area (Å²) in [5.41, 5.74) is 2.97. The molecule has 0 unspecified atom stereocenters. The van der Waals surface area contributed by atoms with Crippen LogP contribution in [0.3, 0.4) is 0 Å². The van der Waals surface area contributed by atoms with Gasteiger partial charge in [0, 0.05) is 20.3 Å². The number of hydrogen-bond acceptors (Lipinski definition) is 5. The first-order valence-electron chi connectivity index (χ1n) is 10.2. The van der Waals surface area contributed by atoms with E-state index in [0.29, 0.717) is 5.69 Å². The molecule has 3 aromatic rings. The highest BCUT2D eigenvalue weighted by molar-refractivity contribution is 9.10. The van der Waals surface area contributed by atoms with Crippen molar-refractivity contribution in [3.8, 4) is 0 Å². The molecule has 7 heteroatoms. The van der Waals surface area contributed by atoms with Crippen molar-refractivity contribution < 1.29 is 19.1 Å². The normalized spacial score (nSPS) is 11.1. The van der Waals surface area contributed by atoms with E-state index in [9.17, 15) is 9.59 Å². The standard InChI is InChI=1S/C26H25Br2NO4/c1-26(2,3)16-14-21(24(30)32-4)23(22(15-16)25(31)33-5)29(19-10-6-17(27)7-11-19)20-12-8-18(28)9-13-20/h6-15H,1-5H3. The van der Waals surface area contributed by atoms with Crippen LogP contribution in [-0.2, 0) is 14.9 Å². The molecule has 0 aliphatic carbocycles. The van der Waals surface area contributed by atoms with Crippen molar-refractivity contribution in [3.63, 3.8) is 0 Å². The van der Waals surface area contributed by atoms with Crippen molar-refractivity contribution in [2.75, 3.05) is 19.1 Å². The van der Waals surface area contributed by atoms with Crippen LogP contribution in [0.1, 0.15) is 47.1 Å². The molecule has 5 nitrogen and oxygen atoms in total. The highest BCUT2D eigenvalue weighted by Crippen LogP contribution is 2.42. The molecule has 0 aromatic heterocycles. The topological polar surface area (TPSA) is 55.8 Å². The SMILES string of the molecule is COC(=O)c1cc(C(C)(C)C)cc(C(=O)OC)c1N(c1ccc(Br)cc1)c1ccc(Br)cc1. The second-order valence-electron chi connectivity index (χ2n) is 8.44. The fraction of sp³-hybridized carbons (Fsp3) is 0.231. The first kappa shape index (κ1) is 25.0. The minimum atomic E-state index is -0.541. The lowest BCUT2D eigenvalue weighted by molar-refractivity contribution is 0.0601. The molecule has 0 atom stereocenters. The van der Waals surface area contributed by atoms with Crippen molar-refractivity contribution in [2.24, 2.45) is 0 Å². The lowest BCUT2D eigenvalue weighted by Gasteiger charge is -2.30. The molecule has 0 aliphatic heterocycles. The van der Waals surface area contributed by atoms with Crippen LogP contribution in [0.15, 0.2) is 69.6 Å². The highest BCUT2D eigenvalue weighted by Gasteiger charge is 2.30. The van der Waals surface area contributed by atoms with Gasteiger partial charge in [-0.25, -0.2) is 9.59 Å². The number of rotatable bonds is 5. The molecular weight excluding hydrogens is 550 g/mol. The van der Waals surface area contributed by atoms with E-state index >= 15 is 0 Å². The second kappa shape index (κ2) is 10.1. The van der Waals surface area contributed by atoms with Crippen molar-refractivity contribution in [1.29, 1.82) is 0 Å². The van der Waals surface area contributed by atoms with Gasteiger partial charge in [0.25, 0.3) is 0 Å². The van der Waals surface area contributed by atoms with Gasteiger partial charge in [-0.15, -0.1) is 0 Å². The lowest BCUT2D eigenvalue weighted by atomic mass is 9.84. The smallest absolute Gasteiger partial charge is 0.340 e. The molecule has 0 saturated carbocycles. The monoisotopic (exact) mass is 573 g/mol. The third kappa shape index (κ3) is 5.47. The van der Waals surface area contributed by atoms with E-state index in [1.807, 2.05) is 74.2 Å². The van der Waals surface area contributed by atoms with Gasteiger partial charge in [0.2, 0.25) is 0 Å². The average molecular weight is 575 g/mol. The zero-order valence-corrected chi connectivity index (χ0v) is 22.3. The molecule has 0 radical (unpaired) electrons. The van der Waals surface area contributed by atoms with Crippen molar-refractivity contribution in [2.45, 2.75) is 26.2 Å². The van der Waals surface area contributed by atoms with Crippen LogP contribution in [0.2, 0.25) is 0 Å². The van der Waals surface area contributed by atoms with Gasteiger partial charge in [0.15, 0.2) is 0 Å². The fourth-order valence-corrected chi connectivity index (χ4v) is 3.96. The van der Waals surface area contributed by atoms with E-state index < -0.39 is 11.9 Å². The number of carbonyl (C=O) groups excluding carboxylic acids is 2. The van der Waals surface area contributed by atoms with Gasteiger partial charge >= 0.3 is 11.9 Å². The van der Waals surface area contributed by atoms with Gasteiger partial charge < -0.3 is 14.4 Å². The lowest BCUT2D eigenvalue weighted by Crippen LogP contribution is -2.22. The second-order valence-corrected chi connectivity index (χ2v) is 10.3. The van der Waals surface area contributed by atoms with Crippen LogP contribution in [0.5, 0.6) is 0 Å². The summed E-state index contributed by atoms with van der Waals surface area (Å²) in [6.45, 7) is 6.06. The van der Waals surface area contributed by atoms with Crippen LogP contribution < -0.4 is 4.90 Å². The fourth-order valence-electron chi connectivity index (χ4n) is 3.43. The Morgan fingerprint density at radius 1 is 0.727 bits per heavy atom. The summed E-state index contributed by atoms with van der Waals surface area (Å²) in [4.78, 5) is 27.9. The molecule has 3 aromatic carbocycles. The Labute approximate surface area is 211 Å². The number of hydrogen-bond donors (Lipinski definition) is 0. The van der Waals surface area contributed by atoms with Crippen LogP contribution in [-0.4, -0.2) is 26.2 Å². The zero-order chi connectivity index (χ0) is 24.3. The molecule has 0 heterocycles. The number of esters is 2. The minimum absolute atomic E-state index is 0.274. The molecule has 3 rings (SSSR count). The Kier molecular flexibility index (Phi) is 7.65. The van der Waals surface area contributed by atoms with Crippen molar-refractivity contribution in [1.82, 2.24) is 0 Å². The number of anilines is 3. The summed E-state index contributed by atoms with van der Waals surface area (Å²) in [5, 5.41) is 0. The third-order valence-electron chi connectivity index (χ3n) is 5.18. The summed E-state index contributed by atoms with van der Waals surface area (Å²) in [6.07, 6.45) is 0. The van der Waals surface area contributed by atoms with E-state index in [2.05, 4.69) is 31.9 Å². The molecule has 0 aliphatic rings. The average Bonchev–Trinajstić information content (AvgIpc) is 2.79. The van der Waals surface area contributed by atoms with Crippen LogP contribution in [0.25, 0.3) is 0 Å². The minimum Gasteiger partial charge on any atom is -0.465 e. The predicted octanol–water partition coefficient (Wildman–Crippen LogP) is 7.55. The largest absolute Gasteiger partial charge is 0.465 e. The van der Waals surface area contributed by atoms with Gasteiger partial charge in [0.1, 0.15) is 0 Å². The molecule has 0 fully saturated rings. The van der Waals surface area contributed by atoms with E-state index in [1.54, 1.807) is 12.1 Å². The highest BCUT2D eigenvalue weighted by atomic mass is 79.9. The van der Waals surface area contributed by atoms with Crippen molar-refractivity contribution in [3.05, 3.63) is 86.3 Å². The number of benzene rings is 3. The Morgan fingerprint density at radius 3 is 1.39 bits per heavy atom. The predicted molar refractivity (Wildman–Crippen MR) is 138 cm³/mol. The number of carbonyl (C=O) groups is 2. The summed E-state index contributed by atoms with van der Waals surface area (Å²) in [5.74, 6) is -1.08. The summed E-state index contributed by atoms with van der Waals surface area (Å²) >= 11 is 6.95. The van der Waals surface area contributed by atoms with E-state index in [-0.39, 0.29) is 16.5 Å². The Hall–Kier alpha value is -2.64. The Bertz CT molecular complexity index is 1080. The number of methoxy groups -OCH3 is 2. The molecule has 0 bridgehead atoms. The first-order chi connectivity index (χ1) is 15.6. The first-order valence-corrected chi connectivity index (χ1v) is 11.8. The maximum atomic E-state index is 13.0. The van der Waals surface area contributed by atoms with Gasteiger partial charge in [-0.1, -0.05) is 52.6 Å². The Balaban J connectivity index is 2.45. The number of ether oxygens (including phenoxy) is 2. The number of halogens is 2. The molecule has 172 valence electrons. The third-order valence-corrected chi connectivity index (χ3v) is 6.24. The molecule has 0 spiro atoms. The van der Waals surface area contributed by atoms with Gasteiger partial charge in [0.05, 0.1) is 31.0 Å². The maximum absolute atomic E-state index is 13.0. The van der Waals surface area contributed by atoms with Gasteiger partial charge in [-0.2, -0.15) is 0 Å². The van der Waals surface area contributed by atoms with Crippen LogP contribution >= 0.6 is 31.9 Å². The number of nitrogens with zero attached hydrogens (tertiary/aromatic N) is 1. The summed E-state index contributed by atoms with van der Waals surface area (Å²) in [6, 6.07) is 18.8. The molecule has 0 saturated heterocycles. The van der Waals surface area contributed by atoms with Crippen LogP contribution in [0, 0.1) is 0 Å². The zero-order valence-electron chi connectivity index (χ0n) is 19.1. The molecule has 0 amide bonds. The summed E-state index contributed by atoms with van der Waals surface area (Å²) < 4.78 is 12.1. The van der Waals surface area contributed by atoms with E-state index in [1.165, 1.54) is 14.2 Å². The van der Waals surface area contributed by atoms with Crippen LogP contribution in [0.4, 0.5) is 17.1 Å². The Morgan fingerprint density at radius 2 is 1.09 bits per heavy atom. The molecule has 33 heavy (non-hydrogen) atoms. The van der Waals surface area contributed by atoms with Crippen molar-refractivity contribution >= 4 is 60.9 Å². The van der Waals surface area contributed by atoms with Gasteiger partial charge in [-0.3, -0.25) is 0 Å². The maximum Gasteiger partial charge on any atom is 0.340 e. The quantitative estimate of drug-likeness (QED) is 0.294. The van der Waals surface area contributed by atoms with E-state index in [0.717, 1.165) is 25.9 Å². The van der Waals surface area contributed by atoms with Gasteiger partial charge in [-0.05, 0) is 71.6 Å². The summed E-state index contributed by atoms with van der Waals surface area (Å²) in [7, 11) is 2.66. The van der Waals surface area contributed by atoms with E-state index in [4.69, 9.17) is 9.47 Å². The molecular formula is C26H25Br2NO4. The molecule has 0 N–H and O–H groups in total.